The second-order valence-electron chi connectivity index (χ2n) is 6.81. The van der Waals surface area contributed by atoms with E-state index in [2.05, 4.69) is 15.6 Å². The van der Waals surface area contributed by atoms with Crippen molar-refractivity contribution in [3.8, 4) is 11.5 Å². The zero-order valence-electron chi connectivity index (χ0n) is 17.6. The average Bonchev–Trinajstić information content (AvgIpc) is 3.21. The molecule has 0 bridgehead atoms. The van der Waals surface area contributed by atoms with E-state index in [1.54, 1.807) is 7.11 Å². The van der Waals surface area contributed by atoms with Crippen LogP contribution in [-0.2, 0) is 6.54 Å². The number of benzene rings is 2. The molecule has 0 aliphatic heterocycles. The highest BCUT2D eigenvalue weighted by atomic mass is 16.5. The van der Waals surface area contributed by atoms with E-state index in [1.807, 2.05) is 62.4 Å². The normalized spacial score (nSPS) is 12.6. The molecular formula is C23H29N3O4. The van der Waals surface area contributed by atoms with Crippen LogP contribution in [0.5, 0.6) is 11.5 Å². The molecule has 0 radical (unpaired) electrons. The van der Waals surface area contributed by atoms with E-state index in [0.717, 1.165) is 28.8 Å². The van der Waals surface area contributed by atoms with Crippen molar-refractivity contribution in [1.29, 1.82) is 0 Å². The first-order valence-corrected chi connectivity index (χ1v) is 10.1. The van der Waals surface area contributed by atoms with Gasteiger partial charge in [-0.1, -0.05) is 24.3 Å². The first kappa shape index (κ1) is 21.5. The minimum atomic E-state index is -0.0453. The molecule has 1 atom stereocenters. The second kappa shape index (κ2) is 10.5. The molecule has 0 spiro atoms. The molecule has 3 N–H and O–H groups in total. The van der Waals surface area contributed by atoms with Crippen LogP contribution in [0.1, 0.15) is 31.2 Å². The molecule has 0 fully saturated rings. The molecule has 3 rings (SSSR count). The van der Waals surface area contributed by atoms with E-state index < -0.39 is 0 Å². The Kier molecular flexibility index (Phi) is 7.57. The number of ether oxygens (including phenoxy) is 2. The predicted octanol–water partition coefficient (Wildman–Crippen LogP) is 3.63. The smallest absolute Gasteiger partial charge is 0.192 e. The third-order valence-corrected chi connectivity index (χ3v) is 4.57. The number of nitrogens with one attached hydrogen (secondary N) is 2. The highest BCUT2D eigenvalue weighted by Crippen LogP contribution is 2.28. The summed E-state index contributed by atoms with van der Waals surface area (Å²) in [5, 5.41) is 16.7. The molecule has 0 amide bonds. The van der Waals surface area contributed by atoms with E-state index in [9.17, 15) is 0 Å². The van der Waals surface area contributed by atoms with E-state index in [0.29, 0.717) is 24.0 Å². The number of fused-ring (bicyclic) bond motifs is 1. The summed E-state index contributed by atoms with van der Waals surface area (Å²) < 4.78 is 16.8. The lowest BCUT2D eigenvalue weighted by Crippen LogP contribution is -2.38. The zero-order chi connectivity index (χ0) is 21.3. The van der Waals surface area contributed by atoms with Crippen molar-refractivity contribution >= 4 is 16.9 Å². The number of rotatable bonds is 9. The van der Waals surface area contributed by atoms with Gasteiger partial charge in [0.15, 0.2) is 17.5 Å². The molecule has 1 heterocycles. The van der Waals surface area contributed by atoms with Crippen LogP contribution in [0.2, 0.25) is 0 Å². The van der Waals surface area contributed by atoms with Crippen molar-refractivity contribution in [1.82, 2.24) is 10.6 Å². The number of methoxy groups -OCH3 is 1. The van der Waals surface area contributed by atoms with Crippen LogP contribution in [-0.4, -0.2) is 37.9 Å². The van der Waals surface area contributed by atoms with Crippen molar-refractivity contribution in [3.63, 3.8) is 0 Å². The molecule has 0 aliphatic carbocycles. The van der Waals surface area contributed by atoms with E-state index in [-0.39, 0.29) is 19.3 Å². The number of nitrogens with zero attached hydrogens (tertiary/aromatic N) is 1. The van der Waals surface area contributed by atoms with Crippen molar-refractivity contribution < 1.29 is 19.0 Å². The topological polar surface area (TPSA) is 88.3 Å². The summed E-state index contributed by atoms with van der Waals surface area (Å²) in [7, 11) is 1.59. The summed E-state index contributed by atoms with van der Waals surface area (Å²) in [4.78, 5) is 4.69. The van der Waals surface area contributed by atoms with Crippen molar-refractivity contribution in [2.75, 3.05) is 26.9 Å². The summed E-state index contributed by atoms with van der Waals surface area (Å²) in [5.74, 6) is 2.77. The molecule has 0 saturated heterocycles. The Hall–Kier alpha value is -3.19. The van der Waals surface area contributed by atoms with E-state index in [1.165, 1.54) is 0 Å². The zero-order valence-corrected chi connectivity index (χ0v) is 17.6. The molecule has 0 aliphatic rings. The van der Waals surface area contributed by atoms with E-state index in [4.69, 9.17) is 19.0 Å². The lowest BCUT2D eigenvalue weighted by Gasteiger charge is -2.16. The van der Waals surface area contributed by atoms with Gasteiger partial charge in [-0.05, 0) is 43.7 Å². The Morgan fingerprint density at radius 1 is 1.17 bits per heavy atom. The van der Waals surface area contributed by atoms with Gasteiger partial charge in [0.25, 0.3) is 0 Å². The lowest BCUT2D eigenvalue weighted by molar-refractivity contribution is 0.196. The summed E-state index contributed by atoms with van der Waals surface area (Å²) >= 11 is 0. The molecule has 7 heteroatoms. The average molecular weight is 412 g/mol. The van der Waals surface area contributed by atoms with Crippen molar-refractivity contribution in [3.05, 3.63) is 59.9 Å². The summed E-state index contributed by atoms with van der Waals surface area (Å²) in [6.45, 7) is 5.47. The third-order valence-electron chi connectivity index (χ3n) is 4.57. The SMILES string of the molecule is CCNC(=NCc1ccc(OCCO)c(OC)c1)NC(C)c1cc2ccccc2o1. The number of hydrogen-bond acceptors (Lipinski definition) is 5. The van der Waals surface area contributed by atoms with Crippen LogP contribution in [0.3, 0.4) is 0 Å². The van der Waals surface area contributed by atoms with Gasteiger partial charge < -0.3 is 29.6 Å². The van der Waals surface area contributed by atoms with Crippen LogP contribution < -0.4 is 20.1 Å². The van der Waals surface area contributed by atoms with Gasteiger partial charge >= 0.3 is 0 Å². The lowest BCUT2D eigenvalue weighted by atomic mass is 10.2. The Labute approximate surface area is 176 Å². The van der Waals surface area contributed by atoms with E-state index >= 15 is 0 Å². The minimum Gasteiger partial charge on any atom is -0.493 e. The van der Waals surface area contributed by atoms with Crippen LogP contribution in [0, 0.1) is 0 Å². The van der Waals surface area contributed by atoms with Gasteiger partial charge in [0.1, 0.15) is 18.0 Å². The van der Waals surface area contributed by atoms with Gasteiger partial charge in [-0.25, -0.2) is 4.99 Å². The Bertz CT molecular complexity index is 950. The van der Waals surface area contributed by atoms with Gasteiger partial charge in [0.05, 0.1) is 26.3 Å². The minimum absolute atomic E-state index is 0.0426. The fourth-order valence-corrected chi connectivity index (χ4v) is 3.07. The Morgan fingerprint density at radius 2 is 2.00 bits per heavy atom. The van der Waals surface area contributed by atoms with Gasteiger partial charge in [0.2, 0.25) is 0 Å². The molecular weight excluding hydrogens is 382 g/mol. The fraction of sp³-hybridized carbons (Fsp3) is 0.348. The maximum Gasteiger partial charge on any atom is 0.192 e. The summed E-state index contributed by atoms with van der Waals surface area (Å²) in [6.07, 6.45) is 0. The monoisotopic (exact) mass is 411 g/mol. The molecule has 160 valence electrons. The van der Waals surface area contributed by atoms with Gasteiger partial charge in [0, 0.05) is 11.9 Å². The number of aliphatic hydroxyl groups is 1. The molecule has 3 aromatic rings. The van der Waals surface area contributed by atoms with Crippen molar-refractivity contribution in [2.24, 2.45) is 4.99 Å². The van der Waals surface area contributed by atoms with Crippen LogP contribution in [0.4, 0.5) is 0 Å². The maximum atomic E-state index is 8.93. The molecule has 0 saturated carbocycles. The van der Waals surface area contributed by atoms with Gasteiger partial charge in [-0.3, -0.25) is 0 Å². The third kappa shape index (κ3) is 5.45. The van der Waals surface area contributed by atoms with Crippen LogP contribution >= 0.6 is 0 Å². The van der Waals surface area contributed by atoms with Crippen LogP contribution in [0.15, 0.2) is 57.9 Å². The number of hydrogen-bond donors (Lipinski definition) is 3. The maximum absolute atomic E-state index is 8.93. The summed E-state index contributed by atoms with van der Waals surface area (Å²) in [5.41, 5.74) is 1.86. The van der Waals surface area contributed by atoms with Crippen LogP contribution in [0.25, 0.3) is 11.0 Å². The predicted molar refractivity (Wildman–Crippen MR) is 118 cm³/mol. The highest BCUT2D eigenvalue weighted by Gasteiger charge is 2.13. The standard InChI is InChI=1S/C23H29N3O4/c1-4-24-23(26-16(2)21-14-18-7-5-6-8-19(18)30-21)25-15-17-9-10-20(29-12-11-27)22(13-17)28-3/h5-10,13-14,16,27H,4,11-12,15H2,1-3H3,(H2,24,25,26). The largest absolute Gasteiger partial charge is 0.493 e. The number of para-hydroxylation sites is 1. The molecule has 2 aromatic carbocycles. The number of aliphatic imine (C=N–C) groups is 1. The second-order valence-corrected chi connectivity index (χ2v) is 6.81. The fourth-order valence-electron chi connectivity index (χ4n) is 3.07. The molecule has 30 heavy (non-hydrogen) atoms. The van der Waals surface area contributed by atoms with Gasteiger partial charge in [-0.15, -0.1) is 0 Å². The molecule has 1 unspecified atom stereocenters. The number of guanidine groups is 1. The Balaban J connectivity index is 1.70. The van der Waals surface area contributed by atoms with Gasteiger partial charge in [-0.2, -0.15) is 0 Å². The molecule has 1 aromatic heterocycles. The highest BCUT2D eigenvalue weighted by molar-refractivity contribution is 5.81. The quantitative estimate of drug-likeness (QED) is 0.368. The summed E-state index contributed by atoms with van der Waals surface area (Å²) in [6, 6.07) is 15.6. The number of furan rings is 1. The van der Waals surface area contributed by atoms with Crippen molar-refractivity contribution in [2.45, 2.75) is 26.4 Å². The Morgan fingerprint density at radius 3 is 2.73 bits per heavy atom. The first-order chi connectivity index (χ1) is 14.6. The number of aliphatic hydroxyl groups excluding tert-OH is 1. The molecule has 7 nitrogen and oxygen atoms in total. The first-order valence-electron chi connectivity index (χ1n) is 10.1.